The van der Waals surface area contributed by atoms with Crippen LogP contribution in [0.1, 0.15) is 24.8 Å². The lowest BCUT2D eigenvalue weighted by atomic mass is 10.2. The van der Waals surface area contributed by atoms with Crippen LogP contribution in [0.3, 0.4) is 0 Å². The molecule has 0 heterocycles. The van der Waals surface area contributed by atoms with Gasteiger partial charge in [0.2, 0.25) is 0 Å². The molecular weight excluding hydrogens is 202 g/mol. The third-order valence-corrected chi connectivity index (χ3v) is 2.56. The smallest absolute Gasteiger partial charge is 0.115 e. The largest absolute Gasteiger partial charge is 0.508 e. The highest BCUT2D eigenvalue weighted by Gasteiger charge is 2.00. The molecule has 1 rings (SSSR count). The lowest BCUT2D eigenvalue weighted by Gasteiger charge is -2.16. The molecule has 0 atom stereocenters. The molecule has 0 fully saturated rings. The van der Waals surface area contributed by atoms with E-state index in [0.29, 0.717) is 5.75 Å². The van der Waals surface area contributed by atoms with Crippen molar-refractivity contribution in [3.8, 4) is 5.75 Å². The molecular formula is C13H21NO2. The first-order chi connectivity index (χ1) is 7.72. The summed E-state index contributed by atoms with van der Waals surface area (Å²) in [6, 6.07) is 7.36. The van der Waals surface area contributed by atoms with Crippen LogP contribution in [0.2, 0.25) is 0 Å². The number of unbranched alkanes of at least 4 members (excludes halogenated alkanes) is 2. The first kappa shape index (κ1) is 13.0. The number of phenolic OH excluding ortho intramolecular Hbond substituents is 1. The zero-order valence-electron chi connectivity index (χ0n) is 9.89. The Hall–Kier alpha value is -1.06. The second-order valence-electron chi connectivity index (χ2n) is 4.19. The molecule has 1 aromatic carbocycles. The minimum atomic E-state index is 0.288. The molecule has 0 saturated heterocycles. The maximum atomic E-state index is 9.33. The Bertz CT molecular complexity index is 302. The van der Waals surface area contributed by atoms with E-state index in [2.05, 4.69) is 11.9 Å². The van der Waals surface area contributed by atoms with Crippen molar-refractivity contribution in [2.75, 3.05) is 20.2 Å². The lowest BCUT2D eigenvalue weighted by Crippen LogP contribution is -2.19. The molecule has 3 nitrogen and oxygen atoms in total. The summed E-state index contributed by atoms with van der Waals surface area (Å²) in [4.78, 5) is 2.23. The number of aromatic hydroxyl groups is 1. The number of aliphatic hydroxyl groups is 1. The normalized spacial score (nSPS) is 10.9. The summed E-state index contributed by atoms with van der Waals surface area (Å²) in [5.74, 6) is 0.325. The number of hydrogen-bond donors (Lipinski definition) is 2. The predicted molar refractivity (Wildman–Crippen MR) is 65.4 cm³/mol. The number of nitrogens with zero attached hydrogens (tertiary/aromatic N) is 1. The van der Waals surface area contributed by atoms with E-state index < -0.39 is 0 Å². The van der Waals surface area contributed by atoms with Gasteiger partial charge in [-0.2, -0.15) is 0 Å². The van der Waals surface area contributed by atoms with E-state index in [-0.39, 0.29) is 6.61 Å². The van der Waals surface area contributed by atoms with Gasteiger partial charge in [0.15, 0.2) is 0 Å². The fourth-order valence-electron chi connectivity index (χ4n) is 1.72. The molecule has 0 unspecified atom stereocenters. The van der Waals surface area contributed by atoms with Crippen LogP contribution in [-0.4, -0.2) is 35.3 Å². The maximum absolute atomic E-state index is 9.33. The van der Waals surface area contributed by atoms with Crippen LogP contribution in [0.25, 0.3) is 0 Å². The van der Waals surface area contributed by atoms with Crippen molar-refractivity contribution in [2.24, 2.45) is 0 Å². The molecule has 2 N–H and O–H groups in total. The SMILES string of the molecule is CN(CCCCCO)Cc1cccc(O)c1. The van der Waals surface area contributed by atoms with E-state index in [1.165, 1.54) is 0 Å². The van der Waals surface area contributed by atoms with Crippen molar-refractivity contribution in [3.05, 3.63) is 29.8 Å². The fourth-order valence-corrected chi connectivity index (χ4v) is 1.72. The van der Waals surface area contributed by atoms with Gasteiger partial charge in [0, 0.05) is 13.2 Å². The van der Waals surface area contributed by atoms with Gasteiger partial charge < -0.3 is 15.1 Å². The van der Waals surface area contributed by atoms with E-state index in [1.54, 1.807) is 12.1 Å². The van der Waals surface area contributed by atoms with Crippen LogP contribution >= 0.6 is 0 Å². The highest BCUT2D eigenvalue weighted by Crippen LogP contribution is 2.12. The van der Waals surface area contributed by atoms with Crippen LogP contribution in [0, 0.1) is 0 Å². The summed E-state index contributed by atoms with van der Waals surface area (Å²) in [6.45, 7) is 2.17. The third-order valence-electron chi connectivity index (χ3n) is 2.56. The molecule has 0 bridgehead atoms. The van der Waals surface area contributed by atoms with Crippen LogP contribution in [0.15, 0.2) is 24.3 Å². The van der Waals surface area contributed by atoms with E-state index in [1.807, 2.05) is 12.1 Å². The summed E-state index contributed by atoms with van der Waals surface area (Å²) in [7, 11) is 2.07. The molecule has 16 heavy (non-hydrogen) atoms. The minimum Gasteiger partial charge on any atom is -0.508 e. The topological polar surface area (TPSA) is 43.7 Å². The van der Waals surface area contributed by atoms with Crippen LogP contribution in [-0.2, 0) is 6.54 Å². The molecule has 0 amide bonds. The highest BCUT2D eigenvalue weighted by atomic mass is 16.3. The fraction of sp³-hybridized carbons (Fsp3) is 0.538. The summed E-state index contributed by atoms with van der Waals surface area (Å²) < 4.78 is 0. The van der Waals surface area contributed by atoms with Crippen molar-refractivity contribution in [1.82, 2.24) is 4.90 Å². The van der Waals surface area contributed by atoms with E-state index in [0.717, 1.165) is 37.9 Å². The van der Waals surface area contributed by atoms with Crippen LogP contribution < -0.4 is 0 Å². The van der Waals surface area contributed by atoms with Crippen LogP contribution in [0.5, 0.6) is 5.75 Å². The Kier molecular flexibility index (Phi) is 5.90. The monoisotopic (exact) mass is 223 g/mol. The zero-order chi connectivity index (χ0) is 11.8. The van der Waals surface area contributed by atoms with Gasteiger partial charge in [-0.05, 0) is 50.6 Å². The summed E-state index contributed by atoms with van der Waals surface area (Å²) >= 11 is 0. The standard InChI is InChI=1S/C13H21NO2/c1-14(8-3-2-4-9-15)11-12-6-5-7-13(16)10-12/h5-7,10,15-16H,2-4,8-9,11H2,1H3. The highest BCUT2D eigenvalue weighted by molar-refractivity contribution is 5.26. The number of rotatable bonds is 7. The van der Waals surface area contributed by atoms with Crippen LogP contribution in [0.4, 0.5) is 0 Å². The first-order valence-electron chi connectivity index (χ1n) is 5.79. The molecule has 0 radical (unpaired) electrons. The second kappa shape index (κ2) is 7.25. The van der Waals surface area contributed by atoms with Gasteiger partial charge in [0.05, 0.1) is 0 Å². The molecule has 0 aliphatic rings. The minimum absolute atomic E-state index is 0.288. The molecule has 0 aliphatic carbocycles. The van der Waals surface area contributed by atoms with Crippen molar-refractivity contribution in [1.29, 1.82) is 0 Å². The van der Waals surface area contributed by atoms with Gasteiger partial charge in [0.1, 0.15) is 5.75 Å². The van der Waals surface area contributed by atoms with Gasteiger partial charge in [0.25, 0.3) is 0 Å². The van der Waals surface area contributed by atoms with E-state index >= 15 is 0 Å². The Labute approximate surface area is 97.3 Å². The number of aliphatic hydroxyl groups excluding tert-OH is 1. The van der Waals surface area contributed by atoms with Crippen molar-refractivity contribution >= 4 is 0 Å². The average molecular weight is 223 g/mol. The van der Waals surface area contributed by atoms with Gasteiger partial charge in [-0.3, -0.25) is 0 Å². The maximum Gasteiger partial charge on any atom is 0.115 e. The molecule has 3 heteroatoms. The second-order valence-corrected chi connectivity index (χ2v) is 4.19. The number of benzene rings is 1. The van der Waals surface area contributed by atoms with E-state index in [4.69, 9.17) is 5.11 Å². The Morgan fingerprint density at radius 2 is 2.00 bits per heavy atom. The summed E-state index contributed by atoms with van der Waals surface area (Å²) in [5.41, 5.74) is 1.13. The number of phenols is 1. The van der Waals surface area contributed by atoms with Gasteiger partial charge in [-0.25, -0.2) is 0 Å². The summed E-state index contributed by atoms with van der Waals surface area (Å²) in [6.07, 6.45) is 3.07. The van der Waals surface area contributed by atoms with Crippen molar-refractivity contribution in [3.63, 3.8) is 0 Å². The van der Waals surface area contributed by atoms with Crippen molar-refractivity contribution in [2.45, 2.75) is 25.8 Å². The summed E-state index contributed by atoms with van der Waals surface area (Å²) in [5, 5.41) is 18.0. The Morgan fingerprint density at radius 3 is 2.69 bits per heavy atom. The average Bonchev–Trinajstić information content (AvgIpc) is 2.24. The third kappa shape index (κ3) is 5.14. The van der Waals surface area contributed by atoms with Crippen molar-refractivity contribution < 1.29 is 10.2 Å². The Morgan fingerprint density at radius 1 is 1.19 bits per heavy atom. The quantitative estimate of drug-likeness (QED) is 0.695. The molecule has 1 aromatic rings. The molecule has 0 aromatic heterocycles. The lowest BCUT2D eigenvalue weighted by molar-refractivity contribution is 0.271. The van der Waals surface area contributed by atoms with Gasteiger partial charge >= 0.3 is 0 Å². The molecule has 0 saturated carbocycles. The number of hydrogen-bond acceptors (Lipinski definition) is 3. The predicted octanol–water partition coefficient (Wildman–Crippen LogP) is 1.99. The zero-order valence-corrected chi connectivity index (χ0v) is 9.89. The van der Waals surface area contributed by atoms with E-state index in [9.17, 15) is 5.11 Å². The van der Waals surface area contributed by atoms with Gasteiger partial charge in [-0.15, -0.1) is 0 Å². The molecule has 0 aliphatic heterocycles. The Balaban J connectivity index is 2.25. The first-order valence-corrected chi connectivity index (χ1v) is 5.79. The van der Waals surface area contributed by atoms with Gasteiger partial charge in [-0.1, -0.05) is 12.1 Å². The molecule has 90 valence electrons. The molecule has 0 spiro atoms.